The first-order valence-corrected chi connectivity index (χ1v) is 3.15. The van der Waals surface area contributed by atoms with Crippen molar-refractivity contribution in [3.8, 4) is 0 Å². The third-order valence-electron chi connectivity index (χ3n) is 1.98. The summed E-state index contributed by atoms with van der Waals surface area (Å²) in [6, 6.07) is 0. The Morgan fingerprint density at radius 2 is 1.78 bits per heavy atom. The Morgan fingerprint density at radius 3 is 1.89 bits per heavy atom. The van der Waals surface area contributed by atoms with Crippen LogP contribution in [0, 0.1) is 0 Å². The zero-order chi connectivity index (χ0) is 7.02. The average molecular weight is 124 g/mol. The topological polar surface area (TPSA) is 9.72 Å². The summed E-state index contributed by atoms with van der Waals surface area (Å²) < 4.78 is 2.17. The van der Waals surface area contributed by atoms with Gasteiger partial charge in [0.1, 0.15) is 0 Å². The Bertz CT molecular complexity index is 98.0. The van der Waals surface area contributed by atoms with Crippen molar-refractivity contribution in [2.45, 2.75) is 6.82 Å². The molecule has 0 amide bonds. The smallest absolute Gasteiger partial charge is 0.316 e. The predicted octanol–water partition coefficient (Wildman–Crippen LogP) is -0.637. The molecule has 5 heteroatoms. The van der Waals surface area contributed by atoms with Crippen LogP contribution in [-0.4, -0.2) is 50.2 Å². The second-order valence-corrected chi connectivity index (χ2v) is 2.56. The first kappa shape index (κ1) is 7.12. The molecule has 3 nitrogen and oxygen atoms in total. The Balaban J connectivity index is 2.54. The van der Waals surface area contributed by atoms with E-state index in [1.165, 1.54) is 0 Å². The normalized spacial score (nSPS) is 25.1. The molecule has 1 aliphatic heterocycles. The zero-order valence-corrected chi connectivity index (χ0v) is 6.50. The molecule has 0 spiro atoms. The molecule has 0 unspecified atom stereocenters. The maximum atomic E-state index is 2.17. The van der Waals surface area contributed by atoms with Gasteiger partial charge in [0, 0.05) is 0 Å². The van der Waals surface area contributed by atoms with E-state index in [1.807, 2.05) is 7.05 Å². The summed E-state index contributed by atoms with van der Waals surface area (Å²) in [6.45, 7) is 2.66. The van der Waals surface area contributed by atoms with Crippen LogP contribution in [0.15, 0.2) is 0 Å². The van der Waals surface area contributed by atoms with Crippen molar-refractivity contribution in [2.75, 3.05) is 21.1 Å². The van der Waals surface area contributed by atoms with Gasteiger partial charge in [-0.2, -0.15) is 0 Å². The maximum absolute atomic E-state index is 2.17. The van der Waals surface area contributed by atoms with E-state index in [-0.39, 0.29) is 0 Å². The van der Waals surface area contributed by atoms with Gasteiger partial charge in [-0.15, -0.1) is 0 Å². The minimum absolute atomic E-state index is 0.495. The molecule has 0 aromatic rings. The van der Waals surface area contributed by atoms with Gasteiger partial charge in [-0.3, -0.25) is 9.84 Å². The highest BCUT2D eigenvalue weighted by atomic mass is 15.6. The molecule has 0 bridgehead atoms. The number of hydrazine groups is 1. The Morgan fingerprint density at radius 1 is 1.22 bits per heavy atom. The van der Waals surface area contributed by atoms with E-state index in [0.717, 1.165) is 0 Å². The molecule has 0 N–H and O–H groups in total. The largest absolute Gasteiger partial charge is 0.361 e. The van der Waals surface area contributed by atoms with E-state index in [4.69, 9.17) is 0 Å². The maximum Gasteiger partial charge on any atom is 0.316 e. The molecule has 1 saturated heterocycles. The van der Waals surface area contributed by atoms with Gasteiger partial charge in [0.2, 0.25) is 0 Å². The standard InChI is InChI=1S/C4H12B2N3/c1-6-7(2)5-8(3)9(6)4/h1-4H3. The molecule has 0 atom stereocenters. The quantitative estimate of drug-likeness (QED) is 0.397. The molecule has 1 radical (unpaired) electrons. The second kappa shape index (κ2) is 2.33. The SMILES string of the molecule is CB1N(C)[B]N(C)N1C. The molecule has 9 heavy (non-hydrogen) atoms. The van der Waals surface area contributed by atoms with Gasteiger partial charge in [-0.1, -0.05) is 6.82 Å². The lowest BCUT2D eigenvalue weighted by atomic mass is 9.76. The monoisotopic (exact) mass is 124 g/mol. The summed E-state index contributed by atoms with van der Waals surface area (Å²) >= 11 is 0. The molecular formula is C4H12B2N3. The summed E-state index contributed by atoms with van der Waals surface area (Å²) in [5.74, 6) is 0. The molecule has 0 aromatic heterocycles. The van der Waals surface area contributed by atoms with Crippen molar-refractivity contribution in [1.29, 1.82) is 0 Å². The molecule has 49 valence electrons. The summed E-state index contributed by atoms with van der Waals surface area (Å²) in [6.07, 6.45) is 0. The molecule has 1 heterocycles. The number of rotatable bonds is 0. The Kier molecular flexibility index (Phi) is 1.84. The average Bonchev–Trinajstić information content (AvgIpc) is 1.98. The summed E-state index contributed by atoms with van der Waals surface area (Å²) in [7, 11) is 8.26. The van der Waals surface area contributed by atoms with Crippen LogP contribution >= 0.6 is 0 Å². The van der Waals surface area contributed by atoms with Crippen molar-refractivity contribution < 1.29 is 0 Å². The van der Waals surface area contributed by atoms with Gasteiger partial charge in [0.05, 0.1) is 0 Å². The van der Waals surface area contributed by atoms with Crippen LogP contribution in [0.25, 0.3) is 0 Å². The minimum Gasteiger partial charge on any atom is -0.361 e. The summed E-state index contributed by atoms with van der Waals surface area (Å²) in [4.78, 5) is 4.24. The lowest BCUT2D eigenvalue weighted by molar-refractivity contribution is 0.251. The molecule has 1 rings (SSSR count). The van der Waals surface area contributed by atoms with Gasteiger partial charge < -0.3 is 4.72 Å². The fourth-order valence-electron chi connectivity index (χ4n) is 0.969. The predicted molar refractivity (Wildman–Crippen MR) is 40.7 cm³/mol. The van der Waals surface area contributed by atoms with E-state index in [1.54, 1.807) is 0 Å². The van der Waals surface area contributed by atoms with Crippen molar-refractivity contribution in [1.82, 2.24) is 14.6 Å². The lowest BCUT2D eigenvalue weighted by Gasteiger charge is -2.20. The van der Waals surface area contributed by atoms with Crippen molar-refractivity contribution in [3.63, 3.8) is 0 Å². The minimum atomic E-state index is 0.495. The van der Waals surface area contributed by atoms with Crippen LogP contribution in [0.1, 0.15) is 0 Å². The molecule has 0 saturated carbocycles. The van der Waals surface area contributed by atoms with E-state index in [2.05, 4.69) is 43.0 Å². The van der Waals surface area contributed by atoms with Gasteiger partial charge in [0.15, 0.2) is 0 Å². The molecule has 0 aliphatic carbocycles. The number of nitrogens with zero attached hydrogens (tertiary/aromatic N) is 3. The van der Waals surface area contributed by atoms with Crippen LogP contribution in [0.5, 0.6) is 0 Å². The molecule has 1 fully saturated rings. The van der Waals surface area contributed by atoms with Gasteiger partial charge in [-0.25, -0.2) is 0 Å². The van der Waals surface area contributed by atoms with Crippen LogP contribution in [0.4, 0.5) is 0 Å². The van der Waals surface area contributed by atoms with E-state index in [9.17, 15) is 0 Å². The van der Waals surface area contributed by atoms with Crippen LogP contribution in [0.2, 0.25) is 6.82 Å². The van der Waals surface area contributed by atoms with Crippen molar-refractivity contribution in [2.24, 2.45) is 0 Å². The molecule has 0 aromatic carbocycles. The lowest BCUT2D eigenvalue weighted by Crippen LogP contribution is -2.39. The van der Waals surface area contributed by atoms with E-state index < -0.39 is 0 Å². The molecule has 1 aliphatic rings. The van der Waals surface area contributed by atoms with E-state index in [0.29, 0.717) is 6.98 Å². The highest BCUT2D eigenvalue weighted by molar-refractivity contribution is 6.64. The second-order valence-electron chi connectivity index (χ2n) is 2.56. The number of hydrogen-bond acceptors (Lipinski definition) is 3. The van der Waals surface area contributed by atoms with Crippen molar-refractivity contribution in [3.05, 3.63) is 0 Å². The zero-order valence-electron chi connectivity index (χ0n) is 6.50. The summed E-state index contributed by atoms with van der Waals surface area (Å²) in [5.41, 5.74) is 0. The Hall–Kier alpha value is 0.00987. The first-order chi connectivity index (χ1) is 4.13. The van der Waals surface area contributed by atoms with Gasteiger partial charge in [0.25, 0.3) is 0 Å². The fourth-order valence-corrected chi connectivity index (χ4v) is 0.969. The highest BCUT2D eigenvalue weighted by Gasteiger charge is 2.31. The van der Waals surface area contributed by atoms with E-state index >= 15 is 0 Å². The van der Waals surface area contributed by atoms with Crippen molar-refractivity contribution >= 4 is 14.5 Å². The van der Waals surface area contributed by atoms with Crippen LogP contribution < -0.4 is 0 Å². The fraction of sp³-hybridized carbons (Fsp3) is 1.00. The highest BCUT2D eigenvalue weighted by Crippen LogP contribution is 2.06. The third-order valence-corrected chi connectivity index (χ3v) is 1.98. The van der Waals surface area contributed by atoms with Crippen LogP contribution in [-0.2, 0) is 0 Å². The van der Waals surface area contributed by atoms with Gasteiger partial charge in [-0.05, 0) is 21.1 Å². The summed E-state index contributed by atoms with van der Waals surface area (Å²) in [5, 5.41) is 0. The Labute approximate surface area is 58.0 Å². The van der Waals surface area contributed by atoms with Gasteiger partial charge >= 0.3 is 14.5 Å². The third kappa shape index (κ3) is 1.13. The van der Waals surface area contributed by atoms with Crippen LogP contribution in [0.3, 0.4) is 0 Å². The first-order valence-electron chi connectivity index (χ1n) is 3.15. The number of hydrogen-bond donors (Lipinski definition) is 0. The molecular weight excluding hydrogens is 112 g/mol.